The van der Waals surface area contributed by atoms with E-state index in [1.807, 2.05) is 6.07 Å². The van der Waals surface area contributed by atoms with Gasteiger partial charge in [-0.3, -0.25) is 0 Å². The van der Waals surface area contributed by atoms with Crippen molar-refractivity contribution in [3.05, 3.63) is 30.5 Å². The highest BCUT2D eigenvalue weighted by Gasteiger charge is 2.06. The maximum atomic E-state index is 12.2. The van der Waals surface area contributed by atoms with Crippen LogP contribution < -0.4 is 5.73 Å². The van der Waals surface area contributed by atoms with Gasteiger partial charge in [0.25, 0.3) is 6.43 Å². The monoisotopic (exact) mass is 196 g/mol. The van der Waals surface area contributed by atoms with E-state index >= 15 is 0 Å². The molecule has 1 heterocycles. The summed E-state index contributed by atoms with van der Waals surface area (Å²) in [6.07, 6.45) is -0.692. The van der Waals surface area contributed by atoms with E-state index in [0.717, 1.165) is 10.9 Å². The molecule has 0 aliphatic heterocycles. The first-order chi connectivity index (χ1) is 6.66. The molecule has 2 nitrogen and oxygen atoms in total. The predicted octanol–water partition coefficient (Wildman–Crippen LogP) is 2.49. The molecule has 1 aromatic carbocycles. The lowest BCUT2D eigenvalue weighted by atomic mass is 10.2. The number of nitrogens with zero attached hydrogens (tertiary/aromatic N) is 1. The van der Waals surface area contributed by atoms with Crippen LogP contribution >= 0.6 is 0 Å². The highest BCUT2D eigenvalue weighted by Crippen LogP contribution is 2.19. The van der Waals surface area contributed by atoms with Gasteiger partial charge in [-0.15, -0.1) is 0 Å². The zero-order valence-electron chi connectivity index (χ0n) is 7.45. The summed E-state index contributed by atoms with van der Waals surface area (Å²) in [5.41, 5.74) is 6.93. The second kappa shape index (κ2) is 3.29. The van der Waals surface area contributed by atoms with Crippen LogP contribution in [0.5, 0.6) is 0 Å². The molecule has 2 N–H and O–H groups in total. The van der Waals surface area contributed by atoms with Crippen molar-refractivity contribution < 1.29 is 8.78 Å². The standard InChI is InChI=1S/C10H10F2N2/c11-10(12)6-14-4-3-7-1-2-8(13)5-9(7)14/h1-5,10H,6,13H2. The van der Waals surface area contributed by atoms with Crippen molar-refractivity contribution in [1.29, 1.82) is 0 Å². The first-order valence-electron chi connectivity index (χ1n) is 4.29. The van der Waals surface area contributed by atoms with Crippen LogP contribution in [0.1, 0.15) is 0 Å². The second-order valence-corrected chi connectivity index (χ2v) is 3.18. The summed E-state index contributed by atoms with van der Waals surface area (Å²) in [5, 5.41) is 0.930. The molecule has 0 atom stereocenters. The van der Waals surface area contributed by atoms with Crippen LogP contribution in [0.4, 0.5) is 14.5 Å². The number of hydrogen-bond donors (Lipinski definition) is 1. The molecular weight excluding hydrogens is 186 g/mol. The van der Waals surface area contributed by atoms with E-state index in [0.29, 0.717) is 5.69 Å². The van der Waals surface area contributed by atoms with Crippen molar-refractivity contribution in [2.45, 2.75) is 13.0 Å². The van der Waals surface area contributed by atoms with Gasteiger partial charge < -0.3 is 10.3 Å². The van der Waals surface area contributed by atoms with Crippen molar-refractivity contribution >= 4 is 16.6 Å². The van der Waals surface area contributed by atoms with Gasteiger partial charge in [0.2, 0.25) is 0 Å². The minimum Gasteiger partial charge on any atom is -0.399 e. The summed E-state index contributed by atoms with van der Waals surface area (Å²) in [4.78, 5) is 0. The number of benzene rings is 1. The summed E-state index contributed by atoms with van der Waals surface area (Å²) in [5.74, 6) is 0. The molecule has 1 aromatic heterocycles. The SMILES string of the molecule is Nc1ccc2ccn(CC(F)F)c2c1. The van der Waals surface area contributed by atoms with Crippen LogP contribution in [0.25, 0.3) is 10.9 Å². The van der Waals surface area contributed by atoms with Crippen molar-refractivity contribution in [2.75, 3.05) is 5.73 Å². The molecule has 0 bridgehead atoms. The van der Waals surface area contributed by atoms with Gasteiger partial charge in [-0.05, 0) is 23.6 Å². The molecule has 0 aliphatic carbocycles. The zero-order valence-corrected chi connectivity index (χ0v) is 7.45. The van der Waals surface area contributed by atoms with E-state index in [2.05, 4.69) is 0 Å². The largest absolute Gasteiger partial charge is 0.399 e. The predicted molar refractivity (Wildman–Crippen MR) is 52.4 cm³/mol. The van der Waals surface area contributed by atoms with Gasteiger partial charge in [0.05, 0.1) is 12.1 Å². The van der Waals surface area contributed by atoms with Crippen LogP contribution in [-0.2, 0) is 6.54 Å². The van der Waals surface area contributed by atoms with Crippen molar-refractivity contribution in [2.24, 2.45) is 0 Å². The Morgan fingerprint density at radius 3 is 2.79 bits per heavy atom. The Morgan fingerprint density at radius 1 is 1.29 bits per heavy atom. The van der Waals surface area contributed by atoms with E-state index in [1.54, 1.807) is 24.4 Å². The first kappa shape index (κ1) is 8.99. The van der Waals surface area contributed by atoms with Gasteiger partial charge in [-0.1, -0.05) is 6.07 Å². The van der Waals surface area contributed by atoms with Crippen LogP contribution in [-0.4, -0.2) is 11.0 Å². The van der Waals surface area contributed by atoms with Crippen molar-refractivity contribution in [3.63, 3.8) is 0 Å². The molecule has 14 heavy (non-hydrogen) atoms. The molecule has 2 aromatic rings. The third-order valence-electron chi connectivity index (χ3n) is 2.13. The minimum absolute atomic E-state index is 0.285. The smallest absolute Gasteiger partial charge is 0.256 e. The van der Waals surface area contributed by atoms with Crippen molar-refractivity contribution in [1.82, 2.24) is 4.57 Å². The fraction of sp³-hybridized carbons (Fsp3) is 0.200. The molecule has 0 saturated heterocycles. The molecule has 74 valence electrons. The highest BCUT2D eigenvalue weighted by atomic mass is 19.3. The van der Waals surface area contributed by atoms with Crippen LogP contribution in [0, 0.1) is 0 Å². The normalized spacial score (nSPS) is 11.4. The molecule has 0 spiro atoms. The Bertz CT molecular complexity index is 448. The molecule has 0 fully saturated rings. The third kappa shape index (κ3) is 1.55. The lowest BCUT2D eigenvalue weighted by Crippen LogP contribution is -2.04. The number of fused-ring (bicyclic) bond motifs is 1. The Morgan fingerprint density at radius 2 is 2.07 bits per heavy atom. The minimum atomic E-state index is -2.34. The Kier molecular flexibility index (Phi) is 2.11. The number of alkyl halides is 2. The number of aromatic nitrogens is 1. The summed E-state index contributed by atoms with van der Waals surface area (Å²) >= 11 is 0. The van der Waals surface area contributed by atoms with E-state index in [4.69, 9.17) is 5.73 Å². The second-order valence-electron chi connectivity index (χ2n) is 3.18. The molecule has 0 radical (unpaired) electrons. The van der Waals surface area contributed by atoms with Gasteiger partial charge in [-0.2, -0.15) is 0 Å². The zero-order chi connectivity index (χ0) is 10.1. The van der Waals surface area contributed by atoms with Gasteiger partial charge in [-0.25, -0.2) is 8.78 Å². The number of rotatable bonds is 2. The molecule has 0 amide bonds. The van der Waals surface area contributed by atoms with Crippen LogP contribution in [0.15, 0.2) is 30.5 Å². The highest BCUT2D eigenvalue weighted by molar-refractivity contribution is 5.83. The quantitative estimate of drug-likeness (QED) is 0.735. The van der Waals surface area contributed by atoms with Gasteiger partial charge in [0, 0.05) is 11.9 Å². The number of hydrogen-bond acceptors (Lipinski definition) is 1. The topological polar surface area (TPSA) is 30.9 Å². The van der Waals surface area contributed by atoms with E-state index < -0.39 is 6.43 Å². The summed E-state index contributed by atoms with van der Waals surface area (Å²) in [7, 11) is 0. The molecule has 0 saturated carbocycles. The summed E-state index contributed by atoms with van der Waals surface area (Å²) in [6, 6.07) is 7.09. The number of nitrogens with two attached hydrogens (primary N) is 1. The number of halogens is 2. The average molecular weight is 196 g/mol. The molecule has 4 heteroatoms. The van der Waals surface area contributed by atoms with E-state index in [9.17, 15) is 8.78 Å². The fourth-order valence-electron chi connectivity index (χ4n) is 1.51. The lowest BCUT2D eigenvalue weighted by Gasteiger charge is -2.04. The fourth-order valence-corrected chi connectivity index (χ4v) is 1.51. The number of nitrogen functional groups attached to an aromatic ring is 1. The van der Waals surface area contributed by atoms with Crippen LogP contribution in [0.2, 0.25) is 0 Å². The molecule has 2 rings (SSSR count). The van der Waals surface area contributed by atoms with Crippen molar-refractivity contribution in [3.8, 4) is 0 Å². The van der Waals surface area contributed by atoms with Gasteiger partial charge >= 0.3 is 0 Å². The Balaban J connectivity index is 2.50. The Hall–Kier alpha value is -1.58. The van der Waals surface area contributed by atoms with E-state index in [-0.39, 0.29) is 6.54 Å². The van der Waals surface area contributed by atoms with E-state index in [1.165, 1.54) is 4.57 Å². The molecule has 0 unspecified atom stereocenters. The Labute approximate surface area is 79.9 Å². The lowest BCUT2D eigenvalue weighted by molar-refractivity contribution is 0.128. The first-order valence-corrected chi connectivity index (χ1v) is 4.29. The summed E-state index contributed by atoms with van der Waals surface area (Å²) < 4.78 is 25.9. The van der Waals surface area contributed by atoms with Gasteiger partial charge in [0.1, 0.15) is 0 Å². The average Bonchev–Trinajstić information content (AvgIpc) is 2.47. The maximum Gasteiger partial charge on any atom is 0.256 e. The molecule has 0 aliphatic rings. The summed E-state index contributed by atoms with van der Waals surface area (Å²) in [6.45, 7) is -0.285. The van der Waals surface area contributed by atoms with Gasteiger partial charge in [0.15, 0.2) is 0 Å². The third-order valence-corrected chi connectivity index (χ3v) is 2.13. The van der Waals surface area contributed by atoms with Crippen LogP contribution in [0.3, 0.4) is 0 Å². The maximum absolute atomic E-state index is 12.2. The molecular formula is C10H10F2N2. The number of anilines is 1.